The summed E-state index contributed by atoms with van der Waals surface area (Å²) in [5, 5.41) is 6.17. The van der Waals surface area contributed by atoms with Gasteiger partial charge in [0.15, 0.2) is 0 Å². The van der Waals surface area contributed by atoms with Gasteiger partial charge in [-0.05, 0) is 37.3 Å². The molecule has 1 heterocycles. The molecule has 136 valence electrons. The van der Waals surface area contributed by atoms with Crippen molar-refractivity contribution in [1.29, 1.82) is 0 Å². The van der Waals surface area contributed by atoms with E-state index < -0.39 is 0 Å². The van der Waals surface area contributed by atoms with E-state index in [2.05, 4.69) is 22.8 Å². The van der Waals surface area contributed by atoms with Crippen molar-refractivity contribution in [2.45, 2.75) is 50.6 Å². The lowest BCUT2D eigenvalue weighted by atomic mass is 9.93. The van der Waals surface area contributed by atoms with Gasteiger partial charge >= 0.3 is 0 Å². The Morgan fingerprint density at radius 3 is 2.38 bits per heavy atom. The quantitative estimate of drug-likeness (QED) is 0.802. The van der Waals surface area contributed by atoms with Crippen LogP contribution in [0.3, 0.4) is 0 Å². The highest BCUT2D eigenvalue weighted by atomic mass is 16.2. The van der Waals surface area contributed by atoms with E-state index in [1.807, 2.05) is 55.5 Å². The second-order valence-electron chi connectivity index (χ2n) is 7.33. The highest BCUT2D eigenvalue weighted by molar-refractivity contribution is 5.80. The average molecular weight is 350 g/mol. The largest absolute Gasteiger partial charge is 0.351 e. The zero-order valence-corrected chi connectivity index (χ0v) is 15.2. The number of hydrogen-bond donors (Lipinski definition) is 2. The molecular formula is C22H26N2O2. The summed E-state index contributed by atoms with van der Waals surface area (Å²) in [5.74, 6) is 0.108. The van der Waals surface area contributed by atoms with Gasteiger partial charge in [0.2, 0.25) is 11.8 Å². The first-order chi connectivity index (χ1) is 12.5. The third kappa shape index (κ3) is 4.94. The van der Waals surface area contributed by atoms with E-state index in [1.54, 1.807) is 0 Å². The Balaban J connectivity index is 1.63. The molecule has 2 aromatic rings. The Kier molecular flexibility index (Phi) is 5.71. The summed E-state index contributed by atoms with van der Waals surface area (Å²) < 4.78 is 0. The van der Waals surface area contributed by atoms with Crippen LogP contribution >= 0.6 is 0 Å². The van der Waals surface area contributed by atoms with E-state index in [-0.39, 0.29) is 23.4 Å². The molecule has 2 amide bonds. The monoisotopic (exact) mass is 350 g/mol. The van der Waals surface area contributed by atoms with Crippen LogP contribution in [0.4, 0.5) is 0 Å². The van der Waals surface area contributed by atoms with Gasteiger partial charge in [0.05, 0.1) is 6.04 Å². The van der Waals surface area contributed by atoms with Gasteiger partial charge in [-0.3, -0.25) is 9.59 Å². The van der Waals surface area contributed by atoms with E-state index in [4.69, 9.17) is 0 Å². The lowest BCUT2D eigenvalue weighted by Gasteiger charge is -2.25. The van der Waals surface area contributed by atoms with E-state index >= 15 is 0 Å². The highest BCUT2D eigenvalue weighted by Gasteiger charge is 2.33. The van der Waals surface area contributed by atoms with Crippen molar-refractivity contribution in [2.75, 3.05) is 0 Å². The van der Waals surface area contributed by atoms with Crippen LogP contribution in [0.15, 0.2) is 60.7 Å². The Labute approximate surface area is 155 Å². The molecule has 2 atom stereocenters. The third-order valence-corrected chi connectivity index (χ3v) is 5.07. The average Bonchev–Trinajstić information content (AvgIpc) is 3.00. The summed E-state index contributed by atoms with van der Waals surface area (Å²) in [4.78, 5) is 24.0. The predicted molar refractivity (Wildman–Crippen MR) is 102 cm³/mol. The summed E-state index contributed by atoms with van der Waals surface area (Å²) in [6, 6.07) is 20.2. The van der Waals surface area contributed by atoms with Gasteiger partial charge < -0.3 is 10.6 Å². The lowest BCUT2D eigenvalue weighted by Crippen LogP contribution is -2.40. The summed E-state index contributed by atoms with van der Waals surface area (Å²) in [6.07, 6.45) is 3.18. The maximum atomic E-state index is 12.6. The molecule has 0 bridgehead atoms. The Morgan fingerprint density at radius 1 is 1.12 bits per heavy atom. The second kappa shape index (κ2) is 8.17. The van der Waals surface area contributed by atoms with Gasteiger partial charge in [0.25, 0.3) is 0 Å². The summed E-state index contributed by atoms with van der Waals surface area (Å²) in [5.41, 5.74) is 2.04. The molecule has 1 saturated heterocycles. The van der Waals surface area contributed by atoms with Crippen molar-refractivity contribution >= 4 is 11.8 Å². The molecule has 0 aromatic heterocycles. The van der Waals surface area contributed by atoms with Crippen LogP contribution < -0.4 is 10.6 Å². The van der Waals surface area contributed by atoms with Crippen molar-refractivity contribution in [2.24, 2.45) is 0 Å². The fourth-order valence-electron chi connectivity index (χ4n) is 3.48. The molecule has 4 nitrogen and oxygen atoms in total. The molecule has 3 rings (SSSR count). The van der Waals surface area contributed by atoms with E-state index in [0.717, 1.165) is 18.4 Å². The number of benzene rings is 2. The number of carbonyl (C=O) groups excluding carboxylic acids is 2. The molecule has 26 heavy (non-hydrogen) atoms. The lowest BCUT2D eigenvalue weighted by molar-refractivity contribution is -0.123. The van der Waals surface area contributed by atoms with Crippen LogP contribution in [0.25, 0.3) is 0 Å². The Morgan fingerprint density at radius 2 is 1.77 bits per heavy atom. The van der Waals surface area contributed by atoms with Crippen molar-refractivity contribution in [3.8, 4) is 0 Å². The van der Waals surface area contributed by atoms with Crippen molar-refractivity contribution < 1.29 is 9.59 Å². The maximum absolute atomic E-state index is 12.6. The summed E-state index contributed by atoms with van der Waals surface area (Å²) in [6.45, 7) is 2.02. The second-order valence-corrected chi connectivity index (χ2v) is 7.33. The fourth-order valence-corrected chi connectivity index (χ4v) is 3.48. The molecule has 1 aliphatic heterocycles. The van der Waals surface area contributed by atoms with Crippen LogP contribution in [0.1, 0.15) is 49.8 Å². The molecule has 0 spiro atoms. The molecule has 4 heteroatoms. The highest BCUT2D eigenvalue weighted by Crippen LogP contribution is 2.25. The molecule has 0 saturated carbocycles. The molecule has 0 unspecified atom stereocenters. The fraction of sp³-hybridized carbons (Fsp3) is 0.364. The van der Waals surface area contributed by atoms with Crippen molar-refractivity contribution in [3.63, 3.8) is 0 Å². The van der Waals surface area contributed by atoms with E-state index in [0.29, 0.717) is 19.3 Å². The van der Waals surface area contributed by atoms with Gasteiger partial charge in [-0.15, -0.1) is 0 Å². The first-order valence-electron chi connectivity index (χ1n) is 9.23. The summed E-state index contributed by atoms with van der Waals surface area (Å²) >= 11 is 0. The van der Waals surface area contributed by atoms with Gasteiger partial charge in [0.1, 0.15) is 0 Å². The molecule has 2 N–H and O–H groups in total. The first-order valence-corrected chi connectivity index (χ1v) is 9.23. The van der Waals surface area contributed by atoms with E-state index in [1.165, 1.54) is 5.56 Å². The first kappa shape index (κ1) is 18.2. The third-order valence-electron chi connectivity index (χ3n) is 5.07. The van der Waals surface area contributed by atoms with Crippen LogP contribution in [-0.2, 0) is 16.0 Å². The minimum atomic E-state index is -0.254. The smallest absolute Gasteiger partial charge is 0.220 e. The van der Waals surface area contributed by atoms with Gasteiger partial charge in [-0.1, -0.05) is 60.7 Å². The Hall–Kier alpha value is -2.62. The summed E-state index contributed by atoms with van der Waals surface area (Å²) in [7, 11) is 0. The number of carbonyl (C=O) groups is 2. The molecule has 1 aliphatic rings. The van der Waals surface area contributed by atoms with E-state index in [9.17, 15) is 9.59 Å². The molecule has 1 fully saturated rings. The van der Waals surface area contributed by atoms with Gasteiger partial charge in [-0.25, -0.2) is 0 Å². The number of amides is 2. The van der Waals surface area contributed by atoms with Crippen molar-refractivity contribution in [1.82, 2.24) is 10.6 Å². The molecule has 0 aliphatic carbocycles. The standard InChI is InChI=1S/C22H26N2O2/c1-22(15-13-21(26)24-22)14-12-20(25)23-19(18-10-6-3-7-11-18)16-17-8-4-2-5-9-17/h2-11,19H,12-16H2,1H3,(H,23,25)(H,24,26)/t19-,22-/m1/s1. The van der Waals surface area contributed by atoms with Crippen molar-refractivity contribution in [3.05, 3.63) is 71.8 Å². The van der Waals surface area contributed by atoms with Crippen LogP contribution in [0.2, 0.25) is 0 Å². The zero-order valence-electron chi connectivity index (χ0n) is 15.2. The number of rotatable bonds is 7. The zero-order chi connectivity index (χ0) is 18.4. The maximum Gasteiger partial charge on any atom is 0.220 e. The van der Waals surface area contributed by atoms with Gasteiger partial charge in [-0.2, -0.15) is 0 Å². The van der Waals surface area contributed by atoms with Crippen LogP contribution in [0.5, 0.6) is 0 Å². The molecule has 0 radical (unpaired) electrons. The van der Waals surface area contributed by atoms with Crippen LogP contribution in [0, 0.1) is 0 Å². The SMILES string of the molecule is C[C@@]1(CCC(=O)N[C@H](Cc2ccccc2)c2ccccc2)CCC(=O)N1. The normalized spacial score (nSPS) is 20.4. The van der Waals surface area contributed by atoms with Gasteiger partial charge in [0, 0.05) is 18.4 Å². The Bertz CT molecular complexity index is 745. The predicted octanol–water partition coefficient (Wildman–Crippen LogP) is 3.54. The molecule has 2 aromatic carbocycles. The van der Waals surface area contributed by atoms with Crippen LogP contribution in [-0.4, -0.2) is 17.4 Å². The minimum absolute atomic E-state index is 0.0251. The number of nitrogens with one attached hydrogen (secondary N) is 2. The minimum Gasteiger partial charge on any atom is -0.351 e. The molecular weight excluding hydrogens is 324 g/mol. The number of hydrogen-bond acceptors (Lipinski definition) is 2. The topological polar surface area (TPSA) is 58.2 Å².